The second-order valence-electron chi connectivity index (χ2n) is 10.7. The van der Waals surface area contributed by atoms with E-state index in [1.54, 1.807) is 74.5 Å². The van der Waals surface area contributed by atoms with Crippen LogP contribution in [0.3, 0.4) is 0 Å². The van der Waals surface area contributed by atoms with E-state index in [1.807, 2.05) is 0 Å². The first-order valence-electron chi connectivity index (χ1n) is 14.4. The highest BCUT2D eigenvalue weighted by Crippen LogP contribution is 2.39. The monoisotopic (exact) mass is 712 g/mol. The Balaban J connectivity index is 1.36. The lowest BCUT2D eigenvalue weighted by Gasteiger charge is -2.18. The largest absolute Gasteiger partial charge is 0.744 e. The normalized spacial score (nSPS) is 12.3. The highest BCUT2D eigenvalue weighted by Gasteiger charge is 2.20. The second kappa shape index (κ2) is 13.1. The summed E-state index contributed by atoms with van der Waals surface area (Å²) in [6.07, 6.45) is 0. The van der Waals surface area contributed by atoms with Crippen LogP contribution in [0.4, 0.5) is 22.7 Å². The van der Waals surface area contributed by atoms with Crippen molar-refractivity contribution in [2.45, 2.75) is 23.6 Å². The summed E-state index contributed by atoms with van der Waals surface area (Å²) in [6.45, 7) is 3.14. The SMILES string of the molecule is Cc1nn(-c2ccccc2)c(O)c1N=Nc1ccc(-c2ccc(N=Nc3c(C)nn(-c4ccccc4)c3O)cc2S(=O)(=O)[O-])c(S(=O)(=O)[O-])c1. The molecule has 0 atom stereocenters. The number of para-hydroxylation sites is 2. The van der Waals surface area contributed by atoms with Crippen LogP contribution < -0.4 is 0 Å². The molecule has 0 unspecified atom stereocenters. The number of aromatic nitrogens is 4. The summed E-state index contributed by atoms with van der Waals surface area (Å²) in [4.78, 5) is -1.77. The Labute approximate surface area is 284 Å². The molecule has 2 aromatic heterocycles. The summed E-state index contributed by atoms with van der Waals surface area (Å²) >= 11 is 0. The molecule has 0 amide bonds. The number of azo groups is 2. The van der Waals surface area contributed by atoms with Crippen molar-refractivity contribution < 1.29 is 36.2 Å². The second-order valence-corrected chi connectivity index (χ2v) is 13.4. The van der Waals surface area contributed by atoms with Crippen molar-refractivity contribution in [2.75, 3.05) is 0 Å². The Kier molecular flexibility index (Phi) is 8.85. The Hall–Kier alpha value is -6.08. The molecule has 50 heavy (non-hydrogen) atoms. The van der Waals surface area contributed by atoms with Crippen LogP contribution >= 0.6 is 0 Å². The number of benzene rings is 4. The molecule has 18 heteroatoms. The quantitative estimate of drug-likeness (QED) is 0.124. The van der Waals surface area contributed by atoms with Gasteiger partial charge in [-0.05, 0) is 62.4 Å². The molecule has 2 N–H and O–H groups in total. The standard InChI is InChI=1S/C32H26N8O8S2/c1-19-29(31(41)39(37-19)23-9-5-3-6-10-23)35-33-21-13-15-25(27(17-21)49(43,44)45)26-16-14-22(18-28(26)50(46,47)48)34-36-30-20(2)38-40(32(30)42)24-11-7-4-8-12-24/h3-18,41-42H,1-2H3,(H,43,44,45)(H,46,47,48)/p-2. The summed E-state index contributed by atoms with van der Waals surface area (Å²) in [7, 11) is -10.6. The first-order valence-corrected chi connectivity index (χ1v) is 17.3. The van der Waals surface area contributed by atoms with Gasteiger partial charge in [-0.25, -0.2) is 16.8 Å². The third-order valence-corrected chi connectivity index (χ3v) is 9.05. The lowest BCUT2D eigenvalue weighted by molar-refractivity contribution is 0.434. The van der Waals surface area contributed by atoms with Gasteiger partial charge < -0.3 is 19.3 Å². The van der Waals surface area contributed by atoms with Gasteiger partial charge in [-0.15, -0.1) is 10.2 Å². The van der Waals surface area contributed by atoms with Gasteiger partial charge in [0.25, 0.3) is 0 Å². The van der Waals surface area contributed by atoms with E-state index in [4.69, 9.17) is 0 Å². The van der Waals surface area contributed by atoms with Crippen LogP contribution in [0.15, 0.2) is 127 Å². The average Bonchev–Trinajstić information content (AvgIpc) is 3.54. The molecule has 254 valence electrons. The molecule has 0 aliphatic carbocycles. The van der Waals surface area contributed by atoms with Crippen molar-refractivity contribution in [3.05, 3.63) is 108 Å². The number of nitrogens with zero attached hydrogens (tertiary/aromatic N) is 8. The molecule has 6 rings (SSSR count). The van der Waals surface area contributed by atoms with Crippen molar-refractivity contribution in [3.8, 4) is 34.3 Å². The molecule has 0 fully saturated rings. The summed E-state index contributed by atoms with van der Waals surface area (Å²) in [6, 6.07) is 23.8. The zero-order valence-electron chi connectivity index (χ0n) is 26.0. The summed E-state index contributed by atoms with van der Waals surface area (Å²) in [5.41, 5.74) is 0.550. The summed E-state index contributed by atoms with van der Waals surface area (Å²) in [5, 5.41) is 45.8. The maximum absolute atomic E-state index is 12.4. The van der Waals surface area contributed by atoms with Crippen molar-refractivity contribution in [1.82, 2.24) is 19.6 Å². The Morgan fingerprint density at radius 1 is 0.560 bits per heavy atom. The van der Waals surface area contributed by atoms with Gasteiger partial charge in [0.15, 0.2) is 11.4 Å². The maximum atomic E-state index is 12.4. The van der Waals surface area contributed by atoms with Gasteiger partial charge >= 0.3 is 0 Å². The zero-order chi connectivity index (χ0) is 35.8. The molecule has 16 nitrogen and oxygen atoms in total. The first-order chi connectivity index (χ1) is 23.7. The molecule has 2 heterocycles. The zero-order valence-corrected chi connectivity index (χ0v) is 27.6. The van der Waals surface area contributed by atoms with E-state index in [0.717, 1.165) is 24.3 Å². The molecule has 0 bridgehead atoms. The third kappa shape index (κ3) is 6.76. The van der Waals surface area contributed by atoms with Gasteiger partial charge in [0.1, 0.15) is 20.2 Å². The van der Waals surface area contributed by atoms with E-state index in [9.17, 15) is 36.2 Å². The lowest BCUT2D eigenvalue weighted by atomic mass is 10.0. The van der Waals surface area contributed by atoms with E-state index in [0.29, 0.717) is 22.8 Å². The minimum Gasteiger partial charge on any atom is -0.744 e. The molecular weight excluding hydrogens is 689 g/mol. The smallest absolute Gasteiger partial charge is 0.243 e. The van der Waals surface area contributed by atoms with E-state index >= 15 is 0 Å². The number of hydrogen-bond donors (Lipinski definition) is 2. The highest BCUT2D eigenvalue weighted by molar-refractivity contribution is 7.86. The number of rotatable bonds is 9. The fourth-order valence-corrected chi connectivity index (χ4v) is 6.39. The fourth-order valence-electron chi connectivity index (χ4n) is 4.97. The lowest BCUT2D eigenvalue weighted by Crippen LogP contribution is -2.05. The van der Waals surface area contributed by atoms with Crippen LogP contribution in [-0.4, -0.2) is 55.7 Å². The van der Waals surface area contributed by atoms with Crippen molar-refractivity contribution >= 4 is 43.0 Å². The van der Waals surface area contributed by atoms with Gasteiger partial charge in [0.05, 0.1) is 43.9 Å². The van der Waals surface area contributed by atoms with Crippen LogP contribution in [0.2, 0.25) is 0 Å². The van der Waals surface area contributed by atoms with Crippen molar-refractivity contribution in [2.24, 2.45) is 20.5 Å². The summed E-state index contributed by atoms with van der Waals surface area (Å²) in [5.74, 6) is -0.688. The Morgan fingerprint density at radius 2 is 0.920 bits per heavy atom. The van der Waals surface area contributed by atoms with Crippen molar-refractivity contribution in [1.29, 1.82) is 0 Å². The molecule has 0 spiro atoms. The molecule has 0 aliphatic rings. The van der Waals surface area contributed by atoms with Gasteiger partial charge in [0.2, 0.25) is 11.8 Å². The van der Waals surface area contributed by atoms with Crippen LogP contribution in [0.1, 0.15) is 11.4 Å². The highest BCUT2D eigenvalue weighted by atomic mass is 32.2. The maximum Gasteiger partial charge on any atom is 0.243 e. The van der Waals surface area contributed by atoms with Crippen molar-refractivity contribution in [3.63, 3.8) is 0 Å². The Bertz CT molecular complexity index is 2350. The van der Waals surface area contributed by atoms with Crippen LogP contribution in [0.25, 0.3) is 22.5 Å². The van der Waals surface area contributed by atoms with E-state index in [2.05, 4.69) is 30.7 Å². The fraction of sp³-hybridized carbons (Fsp3) is 0.0625. The molecule has 0 saturated carbocycles. The van der Waals surface area contributed by atoms with Crippen LogP contribution in [0.5, 0.6) is 11.8 Å². The topological polar surface area (TPSA) is 240 Å². The molecule has 6 aromatic rings. The molecule has 0 saturated heterocycles. The van der Waals surface area contributed by atoms with Gasteiger partial charge in [-0.2, -0.15) is 29.8 Å². The Morgan fingerprint density at radius 3 is 1.26 bits per heavy atom. The molecular formula is C32H24N8O8S2-2. The summed E-state index contributed by atoms with van der Waals surface area (Å²) < 4.78 is 76.9. The minimum atomic E-state index is -5.28. The van der Waals surface area contributed by atoms with E-state index < -0.39 is 41.2 Å². The molecule has 0 radical (unpaired) electrons. The molecule has 4 aromatic carbocycles. The third-order valence-electron chi connectivity index (χ3n) is 7.30. The van der Waals surface area contributed by atoms with E-state index in [1.165, 1.54) is 21.5 Å². The van der Waals surface area contributed by atoms with E-state index in [-0.39, 0.29) is 34.5 Å². The van der Waals surface area contributed by atoms with Gasteiger partial charge in [0, 0.05) is 11.1 Å². The first kappa shape index (κ1) is 33.8. The molecule has 0 aliphatic heterocycles. The van der Waals surface area contributed by atoms with Gasteiger partial charge in [-0.3, -0.25) is 0 Å². The number of aryl methyl sites for hydroxylation is 2. The predicted molar refractivity (Wildman–Crippen MR) is 176 cm³/mol. The predicted octanol–water partition coefficient (Wildman–Crippen LogP) is 6.39. The average molecular weight is 713 g/mol. The van der Waals surface area contributed by atoms with Crippen LogP contribution in [-0.2, 0) is 20.2 Å². The van der Waals surface area contributed by atoms with Crippen LogP contribution in [0, 0.1) is 13.8 Å². The number of hydrogen-bond acceptors (Lipinski definition) is 14. The minimum absolute atomic E-state index is 0.0233. The van der Waals surface area contributed by atoms with Gasteiger partial charge in [-0.1, -0.05) is 48.5 Å². The number of aromatic hydroxyl groups is 2.